The molecular weight excluding hydrogens is 136 g/mol. The Hall–Kier alpha value is -0.980. The Morgan fingerprint density at radius 1 is 1.55 bits per heavy atom. The summed E-state index contributed by atoms with van der Waals surface area (Å²) in [6, 6.07) is 0. The molecule has 0 aliphatic rings. The van der Waals surface area contributed by atoms with E-state index >= 15 is 0 Å². The van der Waals surface area contributed by atoms with Crippen molar-refractivity contribution in [2.24, 2.45) is 0 Å². The number of ether oxygens (including phenoxy) is 1. The first-order valence-corrected chi connectivity index (χ1v) is 3.81. The molecule has 0 bridgehead atoms. The first kappa shape index (κ1) is 10.0. The number of allylic oxidation sites excluding steroid dienone is 4. The van der Waals surface area contributed by atoms with Gasteiger partial charge in [-0.2, -0.15) is 0 Å². The lowest BCUT2D eigenvalue weighted by Gasteiger charge is -2.05. The zero-order chi connectivity index (χ0) is 8.69. The van der Waals surface area contributed by atoms with Crippen molar-refractivity contribution >= 4 is 0 Å². The third-order valence-electron chi connectivity index (χ3n) is 1.44. The van der Waals surface area contributed by atoms with Gasteiger partial charge in [0.1, 0.15) is 5.76 Å². The number of hydrogen-bond donors (Lipinski definition) is 0. The fraction of sp³-hybridized carbons (Fsp3) is 0.400. The van der Waals surface area contributed by atoms with Crippen LogP contribution < -0.4 is 0 Å². The third-order valence-corrected chi connectivity index (χ3v) is 1.44. The first-order valence-electron chi connectivity index (χ1n) is 3.81. The molecule has 1 nitrogen and oxygen atoms in total. The lowest BCUT2D eigenvalue weighted by molar-refractivity contribution is 0.299. The summed E-state index contributed by atoms with van der Waals surface area (Å²) < 4.78 is 5.12. The highest BCUT2D eigenvalue weighted by atomic mass is 16.5. The van der Waals surface area contributed by atoms with E-state index in [9.17, 15) is 0 Å². The van der Waals surface area contributed by atoms with Gasteiger partial charge in [-0.3, -0.25) is 0 Å². The van der Waals surface area contributed by atoms with Gasteiger partial charge in [-0.05, 0) is 25.0 Å². The molecule has 0 saturated heterocycles. The van der Waals surface area contributed by atoms with Gasteiger partial charge >= 0.3 is 0 Å². The molecule has 0 aromatic carbocycles. The van der Waals surface area contributed by atoms with Crippen LogP contribution in [0.4, 0.5) is 0 Å². The second-order valence-corrected chi connectivity index (χ2v) is 2.22. The second-order valence-electron chi connectivity index (χ2n) is 2.22. The Morgan fingerprint density at radius 3 is 2.55 bits per heavy atom. The van der Waals surface area contributed by atoms with Gasteiger partial charge in [0, 0.05) is 0 Å². The van der Waals surface area contributed by atoms with E-state index in [4.69, 9.17) is 4.74 Å². The highest BCUT2D eigenvalue weighted by Crippen LogP contribution is 2.11. The normalized spacial score (nSPS) is 12.1. The van der Waals surface area contributed by atoms with Gasteiger partial charge in [0.2, 0.25) is 0 Å². The van der Waals surface area contributed by atoms with E-state index in [1.165, 1.54) is 0 Å². The van der Waals surface area contributed by atoms with Crippen LogP contribution in [0.15, 0.2) is 36.1 Å². The van der Waals surface area contributed by atoms with Crippen LogP contribution in [0.25, 0.3) is 0 Å². The van der Waals surface area contributed by atoms with Gasteiger partial charge in [-0.1, -0.05) is 25.7 Å². The summed E-state index contributed by atoms with van der Waals surface area (Å²) in [6.45, 7) is 7.90. The summed E-state index contributed by atoms with van der Waals surface area (Å²) in [5, 5.41) is 0. The van der Waals surface area contributed by atoms with E-state index in [1.54, 1.807) is 7.11 Å². The van der Waals surface area contributed by atoms with E-state index in [0.29, 0.717) is 0 Å². The predicted octanol–water partition coefficient (Wildman–Crippen LogP) is 3.06. The van der Waals surface area contributed by atoms with Crippen LogP contribution in [-0.2, 0) is 4.74 Å². The molecule has 0 saturated carbocycles. The van der Waals surface area contributed by atoms with Crippen molar-refractivity contribution in [3.8, 4) is 0 Å². The molecule has 62 valence electrons. The van der Waals surface area contributed by atoms with Crippen LogP contribution in [0.2, 0.25) is 0 Å². The van der Waals surface area contributed by atoms with Crippen LogP contribution in [0, 0.1) is 0 Å². The van der Waals surface area contributed by atoms with Gasteiger partial charge in [0.05, 0.1) is 7.11 Å². The average molecular weight is 152 g/mol. The maximum atomic E-state index is 5.12. The fourth-order valence-electron chi connectivity index (χ4n) is 0.688. The monoisotopic (exact) mass is 152 g/mol. The molecule has 0 radical (unpaired) electrons. The maximum Gasteiger partial charge on any atom is 0.121 e. The molecule has 0 spiro atoms. The van der Waals surface area contributed by atoms with Gasteiger partial charge in [-0.25, -0.2) is 0 Å². The van der Waals surface area contributed by atoms with Crippen LogP contribution >= 0.6 is 0 Å². The molecule has 0 rings (SSSR count). The minimum atomic E-state index is 0.866. The standard InChI is InChI=1S/C10H16O/c1-5-7-8-10(11-4)9(3)6-2/h5,7-8H,3,6H2,1-2,4H3/b7-5-,10-8+. The minimum absolute atomic E-state index is 0.866. The highest BCUT2D eigenvalue weighted by Gasteiger charge is 1.96. The van der Waals surface area contributed by atoms with Crippen molar-refractivity contribution in [1.82, 2.24) is 0 Å². The van der Waals surface area contributed by atoms with Gasteiger partial charge in [0.25, 0.3) is 0 Å². The van der Waals surface area contributed by atoms with E-state index in [1.807, 2.05) is 25.2 Å². The molecule has 0 unspecified atom stereocenters. The molecule has 0 aromatic heterocycles. The lowest BCUT2D eigenvalue weighted by atomic mass is 10.2. The molecule has 0 heterocycles. The smallest absolute Gasteiger partial charge is 0.121 e. The minimum Gasteiger partial charge on any atom is -0.497 e. The number of rotatable bonds is 4. The molecule has 1 heteroatoms. The van der Waals surface area contributed by atoms with Crippen molar-refractivity contribution < 1.29 is 4.74 Å². The second kappa shape index (κ2) is 5.78. The summed E-state index contributed by atoms with van der Waals surface area (Å²) in [5.74, 6) is 0.866. The van der Waals surface area contributed by atoms with Crippen molar-refractivity contribution in [2.45, 2.75) is 20.3 Å². The summed E-state index contributed by atoms with van der Waals surface area (Å²) in [5.41, 5.74) is 1.03. The Kier molecular flexibility index (Phi) is 5.26. The zero-order valence-electron chi connectivity index (χ0n) is 7.55. The SMILES string of the molecule is C=C(CC)/C(=C\C=C/C)OC. The summed E-state index contributed by atoms with van der Waals surface area (Å²) in [7, 11) is 1.66. The van der Waals surface area contributed by atoms with Crippen molar-refractivity contribution in [2.75, 3.05) is 7.11 Å². The summed E-state index contributed by atoms with van der Waals surface area (Å²) >= 11 is 0. The highest BCUT2D eigenvalue weighted by molar-refractivity contribution is 5.25. The van der Waals surface area contributed by atoms with E-state index in [0.717, 1.165) is 17.8 Å². The third kappa shape index (κ3) is 3.66. The van der Waals surface area contributed by atoms with Crippen molar-refractivity contribution in [3.63, 3.8) is 0 Å². The van der Waals surface area contributed by atoms with Gasteiger partial charge in [-0.15, -0.1) is 0 Å². The molecular formula is C10H16O. The van der Waals surface area contributed by atoms with Crippen LogP contribution in [0.3, 0.4) is 0 Å². The van der Waals surface area contributed by atoms with E-state index < -0.39 is 0 Å². The Labute approximate surface area is 69.1 Å². The van der Waals surface area contributed by atoms with Gasteiger partial charge < -0.3 is 4.74 Å². The fourth-order valence-corrected chi connectivity index (χ4v) is 0.688. The maximum absolute atomic E-state index is 5.12. The molecule has 0 atom stereocenters. The Bertz CT molecular complexity index is 175. The largest absolute Gasteiger partial charge is 0.497 e. The average Bonchev–Trinajstić information content (AvgIpc) is 2.05. The Balaban J connectivity index is 4.26. The topological polar surface area (TPSA) is 9.23 Å². The molecule has 11 heavy (non-hydrogen) atoms. The van der Waals surface area contributed by atoms with Crippen LogP contribution in [0.5, 0.6) is 0 Å². The first-order chi connectivity index (χ1) is 5.26. The molecule has 0 aliphatic heterocycles. The van der Waals surface area contributed by atoms with Crippen molar-refractivity contribution in [1.29, 1.82) is 0 Å². The molecule has 0 N–H and O–H groups in total. The Morgan fingerprint density at radius 2 is 2.18 bits per heavy atom. The predicted molar refractivity (Wildman–Crippen MR) is 49.3 cm³/mol. The van der Waals surface area contributed by atoms with Gasteiger partial charge in [0.15, 0.2) is 0 Å². The van der Waals surface area contributed by atoms with E-state index in [-0.39, 0.29) is 0 Å². The molecule has 0 amide bonds. The van der Waals surface area contributed by atoms with E-state index in [2.05, 4.69) is 13.5 Å². The quantitative estimate of drug-likeness (QED) is 0.444. The van der Waals surface area contributed by atoms with Crippen molar-refractivity contribution in [3.05, 3.63) is 36.1 Å². The summed E-state index contributed by atoms with van der Waals surface area (Å²) in [6.07, 6.45) is 6.75. The molecule has 0 aromatic rings. The molecule has 0 aliphatic carbocycles. The zero-order valence-corrected chi connectivity index (χ0v) is 7.55. The van der Waals surface area contributed by atoms with Crippen LogP contribution in [-0.4, -0.2) is 7.11 Å². The number of methoxy groups -OCH3 is 1. The lowest BCUT2D eigenvalue weighted by Crippen LogP contribution is -1.88. The molecule has 0 fully saturated rings. The number of hydrogen-bond acceptors (Lipinski definition) is 1. The summed E-state index contributed by atoms with van der Waals surface area (Å²) in [4.78, 5) is 0. The van der Waals surface area contributed by atoms with Crippen LogP contribution in [0.1, 0.15) is 20.3 Å².